The van der Waals surface area contributed by atoms with Crippen LogP contribution in [0.4, 0.5) is 0 Å². The van der Waals surface area contributed by atoms with Gasteiger partial charge in [0.1, 0.15) is 5.82 Å². The summed E-state index contributed by atoms with van der Waals surface area (Å²) in [6.45, 7) is 5.76. The second kappa shape index (κ2) is 6.38. The predicted molar refractivity (Wildman–Crippen MR) is 59.2 cm³/mol. The zero-order valence-corrected chi connectivity index (χ0v) is 8.87. The van der Waals surface area contributed by atoms with Crippen molar-refractivity contribution < 1.29 is 0 Å². The molecule has 1 N–H and O–H groups in total. The Bertz CT molecular complexity index is 265. The van der Waals surface area contributed by atoms with E-state index in [-0.39, 0.29) is 0 Å². The van der Waals surface area contributed by atoms with Crippen molar-refractivity contribution >= 4 is 0 Å². The Kier molecular flexibility index (Phi) is 5.00. The summed E-state index contributed by atoms with van der Waals surface area (Å²) >= 11 is 0. The summed E-state index contributed by atoms with van der Waals surface area (Å²) in [6.07, 6.45) is 9.04. The second-order valence-corrected chi connectivity index (χ2v) is 3.39. The minimum atomic E-state index is 0.998. The molecule has 78 valence electrons. The third-order valence-corrected chi connectivity index (χ3v) is 2.21. The lowest BCUT2D eigenvalue weighted by atomic mass is 10.3. The number of nitrogens with one attached hydrogen (secondary N) is 1. The largest absolute Gasteiger partial charge is 0.338 e. The topological polar surface area (TPSA) is 29.9 Å². The monoisotopic (exact) mass is 193 g/mol. The maximum atomic E-state index is 4.26. The first kappa shape index (κ1) is 11.0. The van der Waals surface area contributed by atoms with Crippen molar-refractivity contribution in [3.05, 3.63) is 30.9 Å². The Morgan fingerprint density at radius 2 is 2.43 bits per heavy atom. The molecular formula is C11H19N3. The van der Waals surface area contributed by atoms with Gasteiger partial charge in [0, 0.05) is 32.4 Å². The predicted octanol–water partition coefficient (Wildman–Crippen LogP) is 1.52. The first-order valence-electron chi connectivity index (χ1n) is 5.12. The molecule has 0 aliphatic rings. The molecule has 0 saturated carbocycles. The fourth-order valence-corrected chi connectivity index (χ4v) is 1.33. The summed E-state index contributed by atoms with van der Waals surface area (Å²) in [4.78, 5) is 4.26. The zero-order chi connectivity index (χ0) is 10.2. The van der Waals surface area contributed by atoms with Crippen LogP contribution in [-0.2, 0) is 13.5 Å². The third-order valence-electron chi connectivity index (χ3n) is 2.21. The van der Waals surface area contributed by atoms with Crippen molar-refractivity contribution in [3.8, 4) is 0 Å². The number of allylic oxidation sites excluding steroid dienone is 1. The van der Waals surface area contributed by atoms with E-state index in [1.165, 1.54) is 6.42 Å². The Morgan fingerprint density at radius 1 is 1.57 bits per heavy atom. The van der Waals surface area contributed by atoms with Crippen LogP contribution in [0.5, 0.6) is 0 Å². The van der Waals surface area contributed by atoms with Crippen LogP contribution in [0.15, 0.2) is 25.0 Å². The molecule has 0 bridgehead atoms. The van der Waals surface area contributed by atoms with E-state index >= 15 is 0 Å². The quantitative estimate of drug-likeness (QED) is 0.525. The van der Waals surface area contributed by atoms with E-state index in [4.69, 9.17) is 0 Å². The van der Waals surface area contributed by atoms with E-state index in [0.717, 1.165) is 31.8 Å². The Balaban J connectivity index is 2.04. The molecule has 0 aromatic carbocycles. The normalized spacial score (nSPS) is 10.4. The van der Waals surface area contributed by atoms with Gasteiger partial charge in [-0.3, -0.25) is 0 Å². The van der Waals surface area contributed by atoms with Gasteiger partial charge in [-0.05, 0) is 19.4 Å². The minimum absolute atomic E-state index is 0.998. The van der Waals surface area contributed by atoms with E-state index in [9.17, 15) is 0 Å². The van der Waals surface area contributed by atoms with Gasteiger partial charge in [0.25, 0.3) is 0 Å². The molecule has 0 atom stereocenters. The van der Waals surface area contributed by atoms with Crippen LogP contribution in [0, 0.1) is 0 Å². The van der Waals surface area contributed by atoms with Crippen molar-refractivity contribution in [1.29, 1.82) is 0 Å². The van der Waals surface area contributed by atoms with Gasteiger partial charge >= 0.3 is 0 Å². The Morgan fingerprint density at radius 3 is 3.07 bits per heavy atom. The number of imidazole rings is 1. The van der Waals surface area contributed by atoms with Crippen molar-refractivity contribution in [3.63, 3.8) is 0 Å². The SMILES string of the molecule is C=CCCCNCCc1nccn1C. The minimum Gasteiger partial charge on any atom is -0.338 e. The van der Waals surface area contributed by atoms with Crippen LogP contribution >= 0.6 is 0 Å². The number of unbranched alkanes of at least 4 members (excludes halogenated alkanes) is 1. The van der Waals surface area contributed by atoms with Crippen molar-refractivity contribution in [2.75, 3.05) is 13.1 Å². The number of hydrogen-bond acceptors (Lipinski definition) is 2. The maximum Gasteiger partial charge on any atom is 0.109 e. The van der Waals surface area contributed by atoms with Gasteiger partial charge in [-0.1, -0.05) is 6.08 Å². The molecule has 0 fully saturated rings. The Hall–Kier alpha value is -1.09. The highest BCUT2D eigenvalue weighted by Gasteiger charge is 1.97. The van der Waals surface area contributed by atoms with E-state index in [1.807, 2.05) is 25.5 Å². The molecule has 1 rings (SSSR count). The van der Waals surface area contributed by atoms with Crippen LogP contribution in [0.25, 0.3) is 0 Å². The molecule has 1 aromatic rings. The van der Waals surface area contributed by atoms with E-state index in [2.05, 4.69) is 21.4 Å². The van der Waals surface area contributed by atoms with E-state index in [1.54, 1.807) is 0 Å². The van der Waals surface area contributed by atoms with Crippen molar-refractivity contribution in [2.24, 2.45) is 7.05 Å². The van der Waals surface area contributed by atoms with E-state index < -0.39 is 0 Å². The molecule has 1 heterocycles. The second-order valence-electron chi connectivity index (χ2n) is 3.39. The number of rotatable bonds is 7. The molecule has 14 heavy (non-hydrogen) atoms. The summed E-state index contributed by atoms with van der Waals surface area (Å²) in [5.41, 5.74) is 0. The number of aryl methyl sites for hydroxylation is 1. The third kappa shape index (κ3) is 3.75. The van der Waals surface area contributed by atoms with Crippen LogP contribution < -0.4 is 5.32 Å². The molecule has 0 aliphatic heterocycles. The highest BCUT2D eigenvalue weighted by atomic mass is 15.0. The van der Waals surface area contributed by atoms with Gasteiger partial charge in [-0.25, -0.2) is 4.98 Å². The average Bonchev–Trinajstić information content (AvgIpc) is 2.58. The van der Waals surface area contributed by atoms with Gasteiger partial charge in [-0.15, -0.1) is 6.58 Å². The van der Waals surface area contributed by atoms with Crippen molar-refractivity contribution in [1.82, 2.24) is 14.9 Å². The van der Waals surface area contributed by atoms with Crippen LogP contribution in [-0.4, -0.2) is 22.6 Å². The average molecular weight is 193 g/mol. The highest BCUT2D eigenvalue weighted by molar-refractivity contribution is 4.91. The molecule has 0 unspecified atom stereocenters. The summed E-state index contributed by atoms with van der Waals surface area (Å²) in [6, 6.07) is 0. The highest BCUT2D eigenvalue weighted by Crippen LogP contribution is 1.94. The molecule has 0 aliphatic carbocycles. The smallest absolute Gasteiger partial charge is 0.109 e. The number of aromatic nitrogens is 2. The lowest BCUT2D eigenvalue weighted by Crippen LogP contribution is -2.19. The van der Waals surface area contributed by atoms with Gasteiger partial charge in [0.15, 0.2) is 0 Å². The number of nitrogens with zero attached hydrogens (tertiary/aromatic N) is 2. The molecule has 0 spiro atoms. The van der Waals surface area contributed by atoms with Crippen LogP contribution in [0.1, 0.15) is 18.7 Å². The van der Waals surface area contributed by atoms with Gasteiger partial charge < -0.3 is 9.88 Å². The summed E-state index contributed by atoms with van der Waals surface area (Å²) in [5, 5.41) is 3.38. The molecule has 3 nitrogen and oxygen atoms in total. The van der Waals surface area contributed by atoms with E-state index in [0.29, 0.717) is 0 Å². The van der Waals surface area contributed by atoms with Crippen molar-refractivity contribution in [2.45, 2.75) is 19.3 Å². The fraction of sp³-hybridized carbons (Fsp3) is 0.545. The molecule has 0 saturated heterocycles. The summed E-state index contributed by atoms with van der Waals surface area (Å²) < 4.78 is 2.06. The maximum absolute atomic E-state index is 4.26. The number of hydrogen-bond donors (Lipinski definition) is 1. The molecule has 3 heteroatoms. The first-order chi connectivity index (χ1) is 6.84. The van der Waals surface area contributed by atoms with Gasteiger partial charge in [0.05, 0.1) is 0 Å². The molecular weight excluding hydrogens is 174 g/mol. The van der Waals surface area contributed by atoms with Crippen LogP contribution in [0.3, 0.4) is 0 Å². The fourth-order valence-electron chi connectivity index (χ4n) is 1.33. The molecule has 0 amide bonds. The lowest BCUT2D eigenvalue weighted by molar-refractivity contribution is 0.632. The molecule has 1 aromatic heterocycles. The van der Waals surface area contributed by atoms with Gasteiger partial charge in [0.2, 0.25) is 0 Å². The summed E-state index contributed by atoms with van der Waals surface area (Å²) in [7, 11) is 2.03. The lowest BCUT2D eigenvalue weighted by Gasteiger charge is -2.03. The summed E-state index contributed by atoms with van der Waals surface area (Å²) in [5.74, 6) is 1.14. The Labute approximate surface area is 85.8 Å². The molecule has 0 radical (unpaired) electrons. The van der Waals surface area contributed by atoms with Crippen LogP contribution in [0.2, 0.25) is 0 Å². The first-order valence-corrected chi connectivity index (χ1v) is 5.12. The zero-order valence-electron chi connectivity index (χ0n) is 8.87. The van der Waals surface area contributed by atoms with Gasteiger partial charge in [-0.2, -0.15) is 0 Å². The standard InChI is InChI=1S/C11H19N3/c1-3-4-5-7-12-8-6-11-13-9-10-14(11)2/h3,9-10,12H,1,4-8H2,2H3.